The lowest BCUT2D eigenvalue weighted by atomic mass is 10.1. The fourth-order valence-corrected chi connectivity index (χ4v) is 1.64. The fourth-order valence-electron chi connectivity index (χ4n) is 1.64. The molecule has 1 atom stereocenters. The average molecular weight is 280 g/mol. The van der Waals surface area contributed by atoms with Crippen molar-refractivity contribution < 1.29 is 18.8 Å². The third-order valence-corrected chi connectivity index (χ3v) is 2.77. The highest BCUT2D eigenvalue weighted by atomic mass is 19.1. The summed E-state index contributed by atoms with van der Waals surface area (Å²) in [5.41, 5.74) is 0.235. The van der Waals surface area contributed by atoms with Crippen LogP contribution in [0, 0.1) is 5.82 Å². The summed E-state index contributed by atoms with van der Waals surface area (Å²) in [6.07, 6.45) is -0.852. The van der Waals surface area contributed by atoms with Crippen LogP contribution in [0.3, 0.4) is 0 Å². The van der Waals surface area contributed by atoms with Crippen LogP contribution in [-0.4, -0.2) is 15.2 Å². The molecule has 0 amide bonds. The number of aromatic nitrogens is 2. The highest BCUT2D eigenvalue weighted by Crippen LogP contribution is 2.22. The first kappa shape index (κ1) is 14.5. The van der Waals surface area contributed by atoms with E-state index in [9.17, 15) is 9.50 Å². The molecule has 20 heavy (non-hydrogen) atoms. The molecule has 0 fully saturated rings. The SMILES string of the molecule is CC(C)c1nc(COc2ccc([C@H](C)O)c(F)c2)no1. The maximum atomic E-state index is 13.6. The van der Waals surface area contributed by atoms with E-state index in [4.69, 9.17) is 9.26 Å². The van der Waals surface area contributed by atoms with Crippen molar-refractivity contribution in [2.75, 3.05) is 0 Å². The van der Waals surface area contributed by atoms with E-state index in [1.54, 1.807) is 6.07 Å². The lowest BCUT2D eigenvalue weighted by Crippen LogP contribution is -2.00. The van der Waals surface area contributed by atoms with E-state index in [0.29, 0.717) is 17.5 Å². The average Bonchev–Trinajstić information content (AvgIpc) is 2.85. The number of aliphatic hydroxyl groups is 1. The molecular weight excluding hydrogens is 263 g/mol. The minimum absolute atomic E-state index is 0.101. The zero-order chi connectivity index (χ0) is 14.7. The first-order valence-corrected chi connectivity index (χ1v) is 6.40. The van der Waals surface area contributed by atoms with E-state index >= 15 is 0 Å². The van der Waals surface area contributed by atoms with Gasteiger partial charge in [-0.25, -0.2) is 4.39 Å². The van der Waals surface area contributed by atoms with Gasteiger partial charge in [-0.15, -0.1) is 0 Å². The van der Waals surface area contributed by atoms with Crippen molar-refractivity contribution in [3.63, 3.8) is 0 Å². The minimum atomic E-state index is -0.852. The van der Waals surface area contributed by atoms with Gasteiger partial charge in [-0.2, -0.15) is 4.98 Å². The molecule has 0 aliphatic heterocycles. The molecule has 0 unspecified atom stereocenters. The summed E-state index contributed by atoms with van der Waals surface area (Å²) in [7, 11) is 0. The van der Waals surface area contributed by atoms with Gasteiger partial charge in [-0.1, -0.05) is 19.0 Å². The molecule has 0 saturated heterocycles. The molecule has 0 aliphatic rings. The summed E-state index contributed by atoms with van der Waals surface area (Å²) in [6.45, 7) is 5.50. The van der Waals surface area contributed by atoms with Gasteiger partial charge in [0.05, 0.1) is 6.10 Å². The molecule has 0 spiro atoms. The first-order chi connectivity index (χ1) is 9.47. The van der Waals surface area contributed by atoms with Crippen LogP contribution in [0.15, 0.2) is 22.7 Å². The standard InChI is InChI=1S/C14H17FN2O3/c1-8(2)14-16-13(17-20-14)7-19-10-4-5-11(9(3)18)12(15)6-10/h4-6,8-9,18H,7H2,1-3H3/t9-/m0/s1. The Morgan fingerprint density at radius 1 is 1.35 bits per heavy atom. The number of ether oxygens (including phenoxy) is 1. The lowest BCUT2D eigenvalue weighted by Gasteiger charge is -2.08. The van der Waals surface area contributed by atoms with Crippen LogP contribution in [0.2, 0.25) is 0 Å². The zero-order valence-electron chi connectivity index (χ0n) is 11.6. The molecule has 0 saturated carbocycles. The molecule has 5 nitrogen and oxygen atoms in total. The number of hydrogen-bond donors (Lipinski definition) is 1. The second-order valence-corrected chi connectivity index (χ2v) is 4.85. The van der Waals surface area contributed by atoms with E-state index in [2.05, 4.69) is 10.1 Å². The summed E-state index contributed by atoms with van der Waals surface area (Å²) >= 11 is 0. The van der Waals surface area contributed by atoms with Crippen molar-refractivity contribution >= 4 is 0 Å². The van der Waals surface area contributed by atoms with Gasteiger partial charge in [0.1, 0.15) is 11.6 Å². The van der Waals surface area contributed by atoms with Crippen molar-refractivity contribution in [2.24, 2.45) is 0 Å². The maximum Gasteiger partial charge on any atom is 0.229 e. The van der Waals surface area contributed by atoms with Crippen molar-refractivity contribution in [1.29, 1.82) is 0 Å². The van der Waals surface area contributed by atoms with Crippen LogP contribution < -0.4 is 4.74 Å². The number of aliphatic hydroxyl groups excluding tert-OH is 1. The van der Waals surface area contributed by atoms with E-state index in [1.165, 1.54) is 19.1 Å². The monoisotopic (exact) mass is 280 g/mol. The number of nitrogens with zero attached hydrogens (tertiary/aromatic N) is 2. The lowest BCUT2D eigenvalue weighted by molar-refractivity contribution is 0.193. The topological polar surface area (TPSA) is 68.4 Å². The van der Waals surface area contributed by atoms with Gasteiger partial charge in [0, 0.05) is 17.5 Å². The number of rotatable bonds is 5. The van der Waals surface area contributed by atoms with Gasteiger partial charge >= 0.3 is 0 Å². The van der Waals surface area contributed by atoms with Gasteiger partial charge in [-0.05, 0) is 19.1 Å². The van der Waals surface area contributed by atoms with E-state index in [1.807, 2.05) is 13.8 Å². The van der Waals surface area contributed by atoms with Crippen molar-refractivity contribution in [3.05, 3.63) is 41.3 Å². The van der Waals surface area contributed by atoms with Gasteiger partial charge < -0.3 is 14.4 Å². The number of hydrogen-bond acceptors (Lipinski definition) is 5. The van der Waals surface area contributed by atoms with E-state index in [-0.39, 0.29) is 18.1 Å². The summed E-state index contributed by atoms with van der Waals surface area (Å²) < 4.78 is 24.1. The first-order valence-electron chi connectivity index (χ1n) is 6.40. The third kappa shape index (κ3) is 3.33. The number of halogens is 1. The largest absolute Gasteiger partial charge is 0.485 e. The van der Waals surface area contributed by atoms with Gasteiger partial charge in [0.15, 0.2) is 6.61 Å². The fraction of sp³-hybridized carbons (Fsp3) is 0.429. The Labute approximate surface area is 116 Å². The molecular formula is C14H17FN2O3. The highest BCUT2D eigenvalue weighted by Gasteiger charge is 2.12. The molecule has 2 aromatic rings. The Morgan fingerprint density at radius 3 is 2.65 bits per heavy atom. The molecule has 1 N–H and O–H groups in total. The molecule has 0 aliphatic carbocycles. The smallest absolute Gasteiger partial charge is 0.229 e. The predicted molar refractivity (Wildman–Crippen MR) is 69.8 cm³/mol. The van der Waals surface area contributed by atoms with Crippen molar-refractivity contribution in [3.8, 4) is 5.75 Å². The second-order valence-electron chi connectivity index (χ2n) is 4.85. The molecule has 0 bridgehead atoms. The summed E-state index contributed by atoms with van der Waals surface area (Å²) in [6, 6.07) is 4.31. The molecule has 2 rings (SSSR count). The molecule has 6 heteroatoms. The maximum absolute atomic E-state index is 13.6. The van der Waals surface area contributed by atoms with Crippen molar-refractivity contribution in [1.82, 2.24) is 10.1 Å². The van der Waals surface area contributed by atoms with Crippen molar-refractivity contribution in [2.45, 2.75) is 39.4 Å². The number of benzene rings is 1. The summed E-state index contributed by atoms with van der Waals surface area (Å²) in [4.78, 5) is 4.16. The Morgan fingerprint density at radius 2 is 2.10 bits per heavy atom. The molecule has 1 heterocycles. The third-order valence-electron chi connectivity index (χ3n) is 2.77. The second kappa shape index (κ2) is 6.00. The van der Waals surface area contributed by atoms with Crippen LogP contribution in [0.25, 0.3) is 0 Å². The minimum Gasteiger partial charge on any atom is -0.485 e. The normalized spacial score (nSPS) is 12.7. The molecule has 0 radical (unpaired) electrons. The molecule has 1 aromatic heterocycles. The highest BCUT2D eigenvalue weighted by molar-refractivity contribution is 5.30. The summed E-state index contributed by atoms with van der Waals surface area (Å²) in [5.74, 6) is 0.947. The predicted octanol–water partition coefficient (Wildman–Crippen LogP) is 2.96. The van der Waals surface area contributed by atoms with Crippen LogP contribution in [0.5, 0.6) is 5.75 Å². The summed E-state index contributed by atoms with van der Waals surface area (Å²) in [5, 5.41) is 13.1. The Bertz CT molecular complexity index is 582. The van der Waals surface area contributed by atoms with Crippen LogP contribution in [0.4, 0.5) is 4.39 Å². The van der Waals surface area contributed by atoms with E-state index < -0.39 is 11.9 Å². The van der Waals surface area contributed by atoms with Gasteiger partial charge in [-0.3, -0.25) is 0 Å². The Hall–Kier alpha value is -1.95. The van der Waals surface area contributed by atoms with Crippen LogP contribution in [-0.2, 0) is 6.61 Å². The zero-order valence-corrected chi connectivity index (χ0v) is 11.6. The van der Waals surface area contributed by atoms with Crippen LogP contribution in [0.1, 0.15) is 50.1 Å². The Kier molecular flexibility index (Phi) is 4.34. The van der Waals surface area contributed by atoms with Crippen LogP contribution >= 0.6 is 0 Å². The Balaban J connectivity index is 2.01. The molecule has 1 aromatic carbocycles. The van der Waals surface area contributed by atoms with Gasteiger partial charge in [0.2, 0.25) is 11.7 Å². The quantitative estimate of drug-likeness (QED) is 0.912. The molecule has 108 valence electrons. The van der Waals surface area contributed by atoms with Gasteiger partial charge in [0.25, 0.3) is 0 Å². The van der Waals surface area contributed by atoms with E-state index in [0.717, 1.165) is 0 Å².